The van der Waals surface area contributed by atoms with Gasteiger partial charge in [-0.15, -0.1) is 0 Å². The first-order valence-electron chi connectivity index (χ1n) is 15.2. The smallest absolute Gasteiger partial charge is 0.328 e. The van der Waals surface area contributed by atoms with Gasteiger partial charge >= 0.3 is 5.97 Å². The molecule has 0 spiro atoms. The molecule has 0 saturated heterocycles. The summed E-state index contributed by atoms with van der Waals surface area (Å²) in [5.74, 6) is -8.05. The molecule has 20 heteroatoms. The number of aliphatic carboxylic acids is 1. The molecule has 0 aromatic rings. The Kier molecular flexibility index (Phi) is 18.7. The molecule has 20 nitrogen and oxygen atoms in total. The van der Waals surface area contributed by atoms with Gasteiger partial charge in [-0.25, -0.2) is 4.79 Å². The summed E-state index contributed by atoms with van der Waals surface area (Å²) in [5.41, 5.74) is 5.31. The number of carbonyl (C=O) groups excluding carboxylic acids is 6. The van der Waals surface area contributed by atoms with Crippen molar-refractivity contribution in [1.82, 2.24) is 31.9 Å². The Balaban J connectivity index is 5.98. The van der Waals surface area contributed by atoms with E-state index in [2.05, 4.69) is 26.6 Å². The van der Waals surface area contributed by atoms with Gasteiger partial charge in [0.15, 0.2) is 6.04 Å². The lowest BCUT2D eigenvalue weighted by atomic mass is 10.0. The minimum Gasteiger partial charge on any atom is -0.480 e. The third-order valence-electron chi connectivity index (χ3n) is 6.84. The van der Waals surface area contributed by atoms with Crippen LogP contribution in [0.3, 0.4) is 0 Å². The van der Waals surface area contributed by atoms with Crippen LogP contribution in [0.15, 0.2) is 0 Å². The number of hydrogen-bond donors (Lipinski definition) is 13. The maximum Gasteiger partial charge on any atom is 0.328 e. The quantitative estimate of drug-likeness (QED) is 0.0565. The van der Waals surface area contributed by atoms with Gasteiger partial charge in [0.25, 0.3) is 0 Å². The van der Waals surface area contributed by atoms with Crippen LogP contribution in [0.4, 0.5) is 0 Å². The number of hydrogen-bond acceptors (Lipinski definition) is 13. The largest absolute Gasteiger partial charge is 0.480 e. The fraction of sp³-hybridized carbons (Fsp3) is 0.750. The van der Waals surface area contributed by atoms with Crippen LogP contribution in [0.5, 0.6) is 0 Å². The minimum atomic E-state index is -1.87. The maximum absolute atomic E-state index is 13.2. The molecule has 276 valence electrons. The maximum atomic E-state index is 13.2. The second-order valence-corrected chi connectivity index (χ2v) is 11.9. The number of carboxylic acid groups (broad SMARTS) is 1. The number of nitrogens with two attached hydrogens (primary N) is 1. The third kappa shape index (κ3) is 14.4. The summed E-state index contributed by atoms with van der Waals surface area (Å²) in [6.07, 6.45) is -7.93. The summed E-state index contributed by atoms with van der Waals surface area (Å²) >= 11 is 0. The summed E-state index contributed by atoms with van der Waals surface area (Å²) in [6, 6.07) is -10.2. The van der Waals surface area contributed by atoms with Crippen LogP contribution < -0.4 is 37.6 Å². The van der Waals surface area contributed by atoms with Crippen LogP contribution in [0, 0.1) is 5.92 Å². The zero-order valence-electron chi connectivity index (χ0n) is 28.0. The molecule has 0 bridgehead atoms. The molecule has 0 heterocycles. The number of carbonyl (C=O) groups is 7. The Morgan fingerprint density at radius 3 is 0.979 bits per heavy atom. The summed E-state index contributed by atoms with van der Waals surface area (Å²) < 4.78 is 0. The number of rotatable bonds is 20. The van der Waals surface area contributed by atoms with Crippen LogP contribution in [-0.4, -0.2) is 145 Å². The lowest BCUT2D eigenvalue weighted by Gasteiger charge is -2.30. The van der Waals surface area contributed by atoms with E-state index in [0.29, 0.717) is 0 Å². The van der Waals surface area contributed by atoms with Crippen LogP contribution in [0.25, 0.3) is 0 Å². The topological polar surface area (TPSA) is 339 Å². The summed E-state index contributed by atoms with van der Waals surface area (Å²) in [7, 11) is 0. The van der Waals surface area contributed by atoms with E-state index in [1.54, 1.807) is 13.8 Å². The molecule has 0 aromatic carbocycles. The number of aliphatic hydroxyl groups excluding tert-OH is 5. The lowest BCUT2D eigenvalue weighted by Crippen LogP contribution is -2.65. The highest BCUT2D eigenvalue weighted by molar-refractivity contribution is 5.97. The number of nitrogens with one attached hydrogen (secondary N) is 6. The summed E-state index contributed by atoms with van der Waals surface area (Å²) in [4.78, 5) is 88.2. The molecule has 0 aromatic heterocycles. The molecule has 0 aliphatic carbocycles. The first kappa shape index (κ1) is 44.0. The van der Waals surface area contributed by atoms with Gasteiger partial charge in [-0.1, -0.05) is 13.8 Å². The first-order valence-corrected chi connectivity index (χ1v) is 15.2. The van der Waals surface area contributed by atoms with Crippen molar-refractivity contribution >= 4 is 41.4 Å². The van der Waals surface area contributed by atoms with E-state index in [4.69, 9.17) is 5.73 Å². The standard InChI is InChI=1S/C28H51N7O13/c1-10(2)8-16(30-17(41)9-29)23(42)31-18(11(3)36)24(43)32-19(12(4)37)25(44)33-20(13(5)38)26(45)34-21(14(6)39)27(46)35-22(15(7)40)28(47)48/h10-16,18-22,36-40H,8-9,29H2,1-7H3,(H,30,41)(H,31,42)(H,32,43)(H,33,44)(H,34,45)(H,35,46)(H,47,48). The molecule has 6 amide bonds. The molecule has 0 rings (SSSR count). The SMILES string of the molecule is CC(C)CC(NC(=O)CN)C(=O)NC(C(=O)NC(C(=O)NC(C(=O)NC(C(=O)NC(C(=O)O)C(C)O)C(C)O)C(C)O)C(C)O)C(C)O. The van der Waals surface area contributed by atoms with Crippen molar-refractivity contribution in [3.63, 3.8) is 0 Å². The highest BCUT2D eigenvalue weighted by Crippen LogP contribution is 2.08. The molecule has 0 radical (unpaired) electrons. The van der Waals surface area contributed by atoms with Gasteiger partial charge in [-0.2, -0.15) is 0 Å². The second kappa shape index (κ2) is 20.4. The molecule has 0 fully saturated rings. The molecular weight excluding hydrogens is 642 g/mol. The van der Waals surface area contributed by atoms with Gasteiger partial charge in [0.05, 0.1) is 37.1 Å². The predicted octanol–water partition coefficient (Wildman–Crippen LogP) is -6.11. The molecule has 0 aliphatic rings. The number of carboxylic acids is 1. The monoisotopic (exact) mass is 693 g/mol. The van der Waals surface area contributed by atoms with Gasteiger partial charge in [-0.3, -0.25) is 28.8 Å². The van der Waals surface area contributed by atoms with Gasteiger partial charge in [0.1, 0.15) is 30.2 Å². The van der Waals surface area contributed by atoms with Gasteiger partial charge < -0.3 is 68.3 Å². The van der Waals surface area contributed by atoms with Crippen molar-refractivity contribution in [2.45, 2.75) is 122 Å². The van der Waals surface area contributed by atoms with E-state index < -0.39 is 115 Å². The van der Waals surface area contributed by atoms with Crippen molar-refractivity contribution in [2.75, 3.05) is 6.54 Å². The Morgan fingerprint density at radius 2 is 0.750 bits per heavy atom. The minimum absolute atomic E-state index is 0.0869. The van der Waals surface area contributed by atoms with Gasteiger partial charge in [-0.05, 0) is 47.0 Å². The summed E-state index contributed by atoms with van der Waals surface area (Å²) in [6.45, 7) is 8.59. The molecule has 14 N–H and O–H groups in total. The van der Waals surface area contributed by atoms with Gasteiger partial charge in [0, 0.05) is 0 Å². The van der Waals surface area contributed by atoms with Crippen LogP contribution >= 0.6 is 0 Å². The molecular formula is C28H51N7O13. The summed E-state index contributed by atoms with van der Waals surface area (Å²) in [5, 5.41) is 72.7. The molecule has 48 heavy (non-hydrogen) atoms. The average molecular weight is 694 g/mol. The van der Waals surface area contributed by atoms with E-state index >= 15 is 0 Å². The normalized spacial score (nSPS) is 18.2. The highest BCUT2D eigenvalue weighted by Gasteiger charge is 2.38. The van der Waals surface area contributed by atoms with Crippen LogP contribution in [-0.2, 0) is 33.6 Å². The van der Waals surface area contributed by atoms with E-state index in [9.17, 15) is 64.2 Å². The average Bonchev–Trinajstić information content (AvgIpc) is 2.96. The van der Waals surface area contributed by atoms with E-state index in [1.165, 1.54) is 0 Å². The second-order valence-electron chi connectivity index (χ2n) is 11.9. The van der Waals surface area contributed by atoms with E-state index in [1.807, 2.05) is 5.32 Å². The van der Waals surface area contributed by atoms with Crippen molar-refractivity contribution in [3.05, 3.63) is 0 Å². The number of amides is 6. The Labute approximate surface area is 277 Å². The van der Waals surface area contributed by atoms with Crippen molar-refractivity contribution in [2.24, 2.45) is 11.7 Å². The molecule has 0 aliphatic heterocycles. The Hall–Kier alpha value is -3.95. The zero-order valence-corrected chi connectivity index (χ0v) is 28.0. The van der Waals surface area contributed by atoms with Crippen molar-refractivity contribution < 1.29 is 64.2 Å². The molecule has 0 saturated carbocycles. The lowest BCUT2D eigenvalue weighted by molar-refractivity contribution is -0.146. The highest BCUT2D eigenvalue weighted by atomic mass is 16.4. The molecule has 11 atom stereocenters. The number of aliphatic hydroxyl groups is 5. The van der Waals surface area contributed by atoms with Crippen molar-refractivity contribution in [3.8, 4) is 0 Å². The van der Waals surface area contributed by atoms with E-state index in [-0.39, 0.29) is 12.3 Å². The zero-order chi connectivity index (χ0) is 37.6. The van der Waals surface area contributed by atoms with E-state index in [0.717, 1.165) is 34.6 Å². The van der Waals surface area contributed by atoms with Crippen LogP contribution in [0.2, 0.25) is 0 Å². The van der Waals surface area contributed by atoms with Gasteiger partial charge in [0.2, 0.25) is 35.4 Å². The molecule has 11 unspecified atom stereocenters. The van der Waals surface area contributed by atoms with Crippen LogP contribution in [0.1, 0.15) is 54.9 Å². The Morgan fingerprint density at radius 1 is 0.479 bits per heavy atom. The predicted molar refractivity (Wildman–Crippen MR) is 166 cm³/mol. The first-order chi connectivity index (χ1) is 22.0. The fourth-order valence-electron chi connectivity index (χ4n) is 4.19. The third-order valence-corrected chi connectivity index (χ3v) is 6.84. The Bertz CT molecular complexity index is 1130. The fourth-order valence-corrected chi connectivity index (χ4v) is 4.19. The van der Waals surface area contributed by atoms with Crippen molar-refractivity contribution in [1.29, 1.82) is 0 Å².